The van der Waals surface area contributed by atoms with Crippen LogP contribution >= 0.6 is 23.2 Å². The lowest BCUT2D eigenvalue weighted by Crippen LogP contribution is -2.59. The fourth-order valence-corrected chi connectivity index (χ4v) is 4.37. The molecule has 1 fully saturated rings. The van der Waals surface area contributed by atoms with Crippen molar-refractivity contribution in [3.63, 3.8) is 0 Å². The summed E-state index contributed by atoms with van der Waals surface area (Å²) in [5.74, 6) is -0.643. The number of esters is 1. The van der Waals surface area contributed by atoms with Crippen molar-refractivity contribution in [2.45, 2.75) is 38.5 Å². The van der Waals surface area contributed by atoms with Crippen LogP contribution in [0, 0.1) is 0 Å². The summed E-state index contributed by atoms with van der Waals surface area (Å²) in [6, 6.07) is 10.3. The second kappa shape index (κ2) is 9.46. The number of halogens is 2. The molecule has 0 aliphatic carbocycles. The van der Waals surface area contributed by atoms with E-state index in [2.05, 4.69) is 5.32 Å². The highest BCUT2D eigenvalue weighted by molar-refractivity contribution is 6.31. The van der Waals surface area contributed by atoms with E-state index in [1.807, 2.05) is 0 Å². The van der Waals surface area contributed by atoms with E-state index in [1.54, 1.807) is 50.2 Å². The van der Waals surface area contributed by atoms with E-state index in [0.717, 1.165) is 0 Å². The fraction of sp³-hybridized carbons (Fsp3) is 0.318. The summed E-state index contributed by atoms with van der Waals surface area (Å²) >= 11 is 12.1. The van der Waals surface area contributed by atoms with E-state index in [9.17, 15) is 19.6 Å². The van der Waals surface area contributed by atoms with Gasteiger partial charge >= 0.3 is 18.0 Å². The molecule has 9 nitrogen and oxygen atoms in total. The molecule has 2 aromatic carbocycles. The van der Waals surface area contributed by atoms with Crippen molar-refractivity contribution in [2.75, 3.05) is 17.3 Å². The zero-order valence-corrected chi connectivity index (χ0v) is 20.0. The molecular weight excluding hydrogens is 471 g/mol. The molecule has 0 saturated carbocycles. The van der Waals surface area contributed by atoms with E-state index in [-0.39, 0.29) is 0 Å². The highest BCUT2D eigenvalue weighted by Gasteiger charge is 2.58. The van der Waals surface area contributed by atoms with Crippen LogP contribution in [0.25, 0.3) is 0 Å². The van der Waals surface area contributed by atoms with Crippen LogP contribution in [0.1, 0.15) is 20.8 Å². The van der Waals surface area contributed by atoms with Gasteiger partial charge < -0.3 is 15.0 Å². The lowest BCUT2D eigenvalue weighted by atomic mass is 9.98. The van der Waals surface area contributed by atoms with Gasteiger partial charge in [-0.1, -0.05) is 35.3 Å². The third-order valence-corrected chi connectivity index (χ3v) is 5.91. The molecule has 0 radical (unpaired) electrons. The number of carbonyl (C=O) groups excluding carboxylic acids is 3. The molecule has 0 aromatic heterocycles. The van der Waals surface area contributed by atoms with Gasteiger partial charge in [-0.15, -0.1) is 0 Å². The van der Waals surface area contributed by atoms with Crippen molar-refractivity contribution >= 4 is 52.6 Å². The van der Waals surface area contributed by atoms with Crippen LogP contribution in [-0.2, 0) is 9.53 Å². The van der Waals surface area contributed by atoms with Crippen LogP contribution < -0.4 is 10.2 Å². The molecule has 33 heavy (non-hydrogen) atoms. The van der Waals surface area contributed by atoms with Crippen LogP contribution in [0.15, 0.2) is 48.5 Å². The molecule has 1 aliphatic rings. The van der Waals surface area contributed by atoms with E-state index < -0.39 is 35.8 Å². The van der Waals surface area contributed by atoms with Gasteiger partial charge in [0.05, 0.1) is 12.6 Å². The summed E-state index contributed by atoms with van der Waals surface area (Å²) in [4.78, 5) is 41.3. The number of methoxy groups -OCH3 is 1. The second-order valence-corrected chi connectivity index (χ2v) is 8.89. The molecule has 0 bridgehead atoms. The van der Waals surface area contributed by atoms with E-state index >= 15 is 0 Å². The zero-order valence-electron chi connectivity index (χ0n) is 18.5. The molecule has 11 heteroatoms. The quantitative estimate of drug-likeness (QED) is 0.352. The Bertz CT molecular complexity index is 1080. The fourth-order valence-electron chi connectivity index (χ4n) is 3.99. The Hall–Kier alpha value is -3.01. The molecule has 176 valence electrons. The van der Waals surface area contributed by atoms with Crippen LogP contribution in [0.5, 0.6) is 0 Å². The molecule has 1 heterocycles. The Morgan fingerprint density at radius 1 is 1.15 bits per heavy atom. The number of amides is 4. The Morgan fingerprint density at radius 2 is 1.76 bits per heavy atom. The van der Waals surface area contributed by atoms with Gasteiger partial charge in [-0.05, 0) is 57.2 Å². The van der Waals surface area contributed by atoms with Gasteiger partial charge in [0.1, 0.15) is 6.04 Å². The third-order valence-electron chi connectivity index (χ3n) is 5.44. The summed E-state index contributed by atoms with van der Waals surface area (Å²) < 4.78 is 4.82. The van der Waals surface area contributed by atoms with Crippen LogP contribution in [0.4, 0.5) is 21.0 Å². The van der Waals surface area contributed by atoms with Crippen molar-refractivity contribution in [2.24, 2.45) is 0 Å². The number of urea groups is 2. The second-order valence-electron chi connectivity index (χ2n) is 8.01. The number of ether oxygens (including phenoxy) is 1. The highest BCUT2D eigenvalue weighted by Crippen LogP contribution is 2.40. The van der Waals surface area contributed by atoms with Crippen molar-refractivity contribution in [1.82, 2.24) is 9.96 Å². The molecule has 1 aliphatic heterocycles. The summed E-state index contributed by atoms with van der Waals surface area (Å²) in [6.45, 7) is 4.78. The average molecular weight is 495 g/mol. The minimum absolute atomic E-state index is 0.333. The van der Waals surface area contributed by atoms with Gasteiger partial charge in [-0.25, -0.2) is 14.4 Å². The van der Waals surface area contributed by atoms with Gasteiger partial charge in [-0.3, -0.25) is 10.1 Å². The first-order valence-electron chi connectivity index (χ1n) is 9.99. The van der Waals surface area contributed by atoms with Crippen LogP contribution in [0.3, 0.4) is 0 Å². The molecule has 1 saturated heterocycles. The standard InChI is InChI=1S/C22H24Cl2N4O5/c1-13(18(29)33-4)27-21(31)26(17-10-6-8-15(24)12-17)19(22(27,2)3)28(32)20(30)25-16-9-5-7-14(23)11-16/h5-13,19,32H,1-4H3,(H,25,30)/t13-,19+/m0/s1. The number of hydrogen-bond donors (Lipinski definition) is 2. The maximum atomic E-state index is 13.5. The molecule has 3 rings (SSSR count). The van der Waals surface area contributed by atoms with Gasteiger partial charge in [0.25, 0.3) is 0 Å². The van der Waals surface area contributed by atoms with E-state index in [4.69, 9.17) is 27.9 Å². The molecule has 2 aromatic rings. The monoisotopic (exact) mass is 494 g/mol. The maximum Gasteiger partial charge on any atom is 0.347 e. The van der Waals surface area contributed by atoms with Crippen LogP contribution in [0.2, 0.25) is 10.0 Å². The minimum Gasteiger partial charge on any atom is -0.467 e. The summed E-state index contributed by atoms with van der Waals surface area (Å²) in [7, 11) is 1.22. The average Bonchev–Trinajstić information content (AvgIpc) is 2.96. The number of hydrogen-bond acceptors (Lipinski definition) is 5. The Kier molecular flexibility index (Phi) is 7.06. The van der Waals surface area contributed by atoms with E-state index in [1.165, 1.54) is 36.0 Å². The van der Waals surface area contributed by atoms with Gasteiger partial charge in [0, 0.05) is 21.4 Å². The predicted molar refractivity (Wildman–Crippen MR) is 125 cm³/mol. The largest absolute Gasteiger partial charge is 0.467 e. The number of benzene rings is 2. The number of nitrogens with zero attached hydrogens (tertiary/aromatic N) is 3. The summed E-state index contributed by atoms with van der Waals surface area (Å²) in [5.41, 5.74) is -0.546. The lowest BCUT2D eigenvalue weighted by Gasteiger charge is -2.39. The molecular formula is C22H24Cl2N4O5. The summed E-state index contributed by atoms with van der Waals surface area (Å²) in [5, 5.41) is 14.7. The molecule has 2 N–H and O–H groups in total. The SMILES string of the molecule is COC(=O)[C@H](C)N1C(=O)N(c2cccc(Cl)c2)[C@H](N(O)C(=O)Nc2cccc(Cl)c2)C1(C)C. The number of rotatable bonds is 5. The maximum absolute atomic E-state index is 13.5. The molecule has 0 unspecified atom stereocenters. The molecule has 0 spiro atoms. The summed E-state index contributed by atoms with van der Waals surface area (Å²) in [6.07, 6.45) is -1.23. The minimum atomic E-state index is -1.23. The number of carbonyl (C=O) groups is 3. The molecule has 2 atom stereocenters. The lowest BCUT2D eigenvalue weighted by molar-refractivity contribution is -0.148. The molecule has 4 amide bonds. The topological polar surface area (TPSA) is 102 Å². The first-order valence-corrected chi connectivity index (χ1v) is 10.7. The zero-order chi connectivity index (χ0) is 24.5. The van der Waals surface area contributed by atoms with Gasteiger partial charge in [-0.2, -0.15) is 5.06 Å². The number of anilines is 2. The van der Waals surface area contributed by atoms with Crippen molar-refractivity contribution in [1.29, 1.82) is 0 Å². The first kappa shape index (κ1) is 24.6. The predicted octanol–water partition coefficient (Wildman–Crippen LogP) is 4.82. The Balaban J connectivity index is 2.04. The number of nitrogens with one attached hydrogen (secondary N) is 1. The van der Waals surface area contributed by atoms with E-state index in [0.29, 0.717) is 26.5 Å². The van der Waals surface area contributed by atoms with Crippen molar-refractivity contribution in [3.05, 3.63) is 58.6 Å². The third kappa shape index (κ3) is 4.71. The van der Waals surface area contributed by atoms with Crippen LogP contribution in [-0.4, -0.2) is 58.1 Å². The smallest absolute Gasteiger partial charge is 0.347 e. The normalized spacial score (nSPS) is 18.2. The highest BCUT2D eigenvalue weighted by atomic mass is 35.5. The van der Waals surface area contributed by atoms with Crippen molar-refractivity contribution in [3.8, 4) is 0 Å². The van der Waals surface area contributed by atoms with Gasteiger partial charge in [0.2, 0.25) is 0 Å². The Labute approximate surface area is 201 Å². The first-order chi connectivity index (χ1) is 15.5. The number of hydroxylamine groups is 2. The van der Waals surface area contributed by atoms with Gasteiger partial charge in [0.15, 0.2) is 6.17 Å². The Morgan fingerprint density at radius 3 is 2.33 bits per heavy atom. The van der Waals surface area contributed by atoms with Crippen molar-refractivity contribution < 1.29 is 24.3 Å².